The minimum Gasteiger partial charge on any atom is -0.332 e. The van der Waals surface area contributed by atoms with E-state index >= 15 is 0 Å². The molecule has 2 amide bonds. The van der Waals surface area contributed by atoms with Crippen molar-refractivity contribution in [1.82, 2.24) is 15.1 Å². The topological polar surface area (TPSA) is 52.6 Å². The van der Waals surface area contributed by atoms with Crippen molar-refractivity contribution >= 4 is 11.8 Å². The Morgan fingerprint density at radius 2 is 1.84 bits per heavy atom. The fourth-order valence-corrected chi connectivity index (χ4v) is 2.32. The van der Waals surface area contributed by atoms with Gasteiger partial charge in [-0.25, -0.2) is 0 Å². The SMILES string of the molecule is CCCNCC(C)CN1CCN(C(C)C)C(=O)C1=O. The summed E-state index contributed by atoms with van der Waals surface area (Å²) in [5.74, 6) is -0.328. The van der Waals surface area contributed by atoms with E-state index in [2.05, 4.69) is 19.2 Å². The minimum absolute atomic E-state index is 0.0993. The summed E-state index contributed by atoms with van der Waals surface area (Å²) >= 11 is 0. The van der Waals surface area contributed by atoms with Gasteiger partial charge in [0.2, 0.25) is 0 Å². The van der Waals surface area contributed by atoms with Crippen LogP contribution in [0.15, 0.2) is 0 Å². The quantitative estimate of drug-likeness (QED) is 0.547. The van der Waals surface area contributed by atoms with Crippen molar-refractivity contribution in [2.24, 2.45) is 5.92 Å². The average Bonchev–Trinajstić information content (AvgIpc) is 2.35. The second kappa shape index (κ2) is 7.48. The van der Waals surface area contributed by atoms with Gasteiger partial charge in [0.1, 0.15) is 0 Å². The Kier molecular flexibility index (Phi) is 6.28. The molecule has 0 bridgehead atoms. The Hall–Kier alpha value is -1.10. The van der Waals surface area contributed by atoms with E-state index in [4.69, 9.17) is 0 Å². The maximum Gasteiger partial charge on any atom is 0.312 e. The number of hydrogen-bond donors (Lipinski definition) is 1. The molecule has 0 aliphatic carbocycles. The molecule has 0 aromatic heterocycles. The molecule has 110 valence electrons. The van der Waals surface area contributed by atoms with Gasteiger partial charge in [-0.1, -0.05) is 13.8 Å². The highest BCUT2D eigenvalue weighted by atomic mass is 16.2. The van der Waals surface area contributed by atoms with E-state index in [-0.39, 0.29) is 17.9 Å². The van der Waals surface area contributed by atoms with Crippen LogP contribution < -0.4 is 5.32 Å². The van der Waals surface area contributed by atoms with Crippen LogP contribution in [0.3, 0.4) is 0 Å². The third-order valence-electron chi connectivity index (χ3n) is 3.42. The zero-order valence-electron chi connectivity index (χ0n) is 12.6. The van der Waals surface area contributed by atoms with Crippen molar-refractivity contribution in [3.8, 4) is 0 Å². The van der Waals surface area contributed by atoms with Gasteiger partial charge < -0.3 is 15.1 Å². The van der Waals surface area contributed by atoms with Crippen molar-refractivity contribution in [3.05, 3.63) is 0 Å². The van der Waals surface area contributed by atoms with Gasteiger partial charge in [-0.3, -0.25) is 9.59 Å². The summed E-state index contributed by atoms with van der Waals surface area (Å²) in [4.78, 5) is 27.3. The Balaban J connectivity index is 2.44. The lowest BCUT2D eigenvalue weighted by molar-refractivity contribution is -0.157. The van der Waals surface area contributed by atoms with Crippen LogP contribution in [0.25, 0.3) is 0 Å². The molecule has 0 aromatic carbocycles. The van der Waals surface area contributed by atoms with Gasteiger partial charge in [0, 0.05) is 25.7 Å². The van der Waals surface area contributed by atoms with Crippen LogP contribution in [-0.2, 0) is 9.59 Å². The third-order valence-corrected chi connectivity index (χ3v) is 3.42. The Morgan fingerprint density at radius 3 is 2.42 bits per heavy atom. The molecular weight excluding hydrogens is 242 g/mol. The van der Waals surface area contributed by atoms with E-state index in [1.807, 2.05) is 13.8 Å². The van der Waals surface area contributed by atoms with Crippen LogP contribution in [0.2, 0.25) is 0 Å². The van der Waals surface area contributed by atoms with Gasteiger partial charge in [-0.05, 0) is 39.3 Å². The Morgan fingerprint density at radius 1 is 1.16 bits per heavy atom. The zero-order valence-corrected chi connectivity index (χ0v) is 12.6. The normalized spacial score (nSPS) is 18.4. The highest BCUT2D eigenvalue weighted by Crippen LogP contribution is 2.10. The van der Waals surface area contributed by atoms with Crippen molar-refractivity contribution < 1.29 is 9.59 Å². The number of amides is 2. The fraction of sp³-hybridized carbons (Fsp3) is 0.857. The molecule has 5 nitrogen and oxygen atoms in total. The Bertz CT molecular complexity index is 318. The molecule has 1 N–H and O–H groups in total. The fourth-order valence-electron chi connectivity index (χ4n) is 2.32. The molecule has 19 heavy (non-hydrogen) atoms. The van der Waals surface area contributed by atoms with Crippen LogP contribution in [0.1, 0.15) is 34.1 Å². The monoisotopic (exact) mass is 269 g/mol. The predicted molar refractivity (Wildman–Crippen MR) is 75.8 cm³/mol. The molecule has 1 atom stereocenters. The molecule has 1 aliphatic heterocycles. The van der Waals surface area contributed by atoms with Crippen molar-refractivity contribution in [3.63, 3.8) is 0 Å². The third kappa shape index (κ3) is 4.49. The predicted octanol–water partition coefficient (Wildman–Crippen LogP) is 0.701. The summed E-state index contributed by atoms with van der Waals surface area (Å²) in [7, 11) is 0. The molecule has 1 aliphatic rings. The summed E-state index contributed by atoms with van der Waals surface area (Å²) in [6, 6.07) is 0.0993. The van der Waals surface area contributed by atoms with Crippen molar-refractivity contribution in [1.29, 1.82) is 0 Å². The highest BCUT2D eigenvalue weighted by molar-refractivity contribution is 6.35. The first kappa shape index (κ1) is 16.0. The number of piperazine rings is 1. The second-order valence-electron chi connectivity index (χ2n) is 5.65. The molecule has 0 spiro atoms. The molecule has 5 heteroatoms. The highest BCUT2D eigenvalue weighted by Gasteiger charge is 2.33. The summed E-state index contributed by atoms with van der Waals surface area (Å²) in [5.41, 5.74) is 0. The lowest BCUT2D eigenvalue weighted by atomic mass is 10.1. The molecule has 1 unspecified atom stereocenters. The smallest absolute Gasteiger partial charge is 0.312 e. The number of carbonyl (C=O) groups excluding carboxylic acids is 2. The number of rotatable bonds is 7. The van der Waals surface area contributed by atoms with E-state index in [1.54, 1.807) is 9.80 Å². The maximum absolute atomic E-state index is 12.0. The van der Waals surface area contributed by atoms with E-state index in [0.29, 0.717) is 25.6 Å². The van der Waals surface area contributed by atoms with E-state index in [0.717, 1.165) is 19.5 Å². The Labute approximate surface area is 116 Å². The van der Waals surface area contributed by atoms with Gasteiger partial charge in [0.25, 0.3) is 0 Å². The number of nitrogens with one attached hydrogen (secondary N) is 1. The molecule has 0 aromatic rings. The number of carbonyl (C=O) groups is 2. The average molecular weight is 269 g/mol. The molecule has 1 heterocycles. The van der Waals surface area contributed by atoms with Crippen LogP contribution >= 0.6 is 0 Å². The second-order valence-corrected chi connectivity index (χ2v) is 5.65. The zero-order chi connectivity index (χ0) is 14.4. The molecule has 1 saturated heterocycles. The largest absolute Gasteiger partial charge is 0.332 e. The summed E-state index contributed by atoms with van der Waals surface area (Å²) < 4.78 is 0. The number of nitrogens with zero attached hydrogens (tertiary/aromatic N) is 2. The molecular formula is C14H27N3O2. The van der Waals surface area contributed by atoms with Crippen molar-refractivity contribution in [2.75, 3.05) is 32.7 Å². The van der Waals surface area contributed by atoms with E-state index in [9.17, 15) is 9.59 Å². The van der Waals surface area contributed by atoms with Gasteiger partial charge in [0.05, 0.1) is 0 Å². The van der Waals surface area contributed by atoms with Gasteiger partial charge in [0.15, 0.2) is 0 Å². The molecule has 1 rings (SSSR count). The van der Waals surface area contributed by atoms with Crippen LogP contribution in [0.4, 0.5) is 0 Å². The van der Waals surface area contributed by atoms with Gasteiger partial charge >= 0.3 is 11.8 Å². The first-order valence-electron chi connectivity index (χ1n) is 7.28. The first-order valence-corrected chi connectivity index (χ1v) is 7.28. The first-order chi connectivity index (χ1) is 8.97. The molecule has 0 radical (unpaired) electrons. The van der Waals surface area contributed by atoms with Gasteiger partial charge in [-0.15, -0.1) is 0 Å². The molecule has 1 fully saturated rings. The lowest BCUT2D eigenvalue weighted by Gasteiger charge is -2.37. The number of hydrogen-bond acceptors (Lipinski definition) is 3. The molecule has 0 saturated carbocycles. The lowest BCUT2D eigenvalue weighted by Crippen LogP contribution is -2.57. The summed E-state index contributed by atoms with van der Waals surface area (Å²) in [6.07, 6.45) is 1.11. The van der Waals surface area contributed by atoms with Crippen LogP contribution in [-0.4, -0.2) is 60.4 Å². The summed E-state index contributed by atoms with van der Waals surface area (Å²) in [5, 5.41) is 3.34. The standard InChI is InChI=1S/C14H27N3O2/c1-5-6-15-9-12(4)10-16-7-8-17(11(2)3)14(19)13(16)18/h11-12,15H,5-10H2,1-4H3. The maximum atomic E-state index is 12.0. The van der Waals surface area contributed by atoms with Gasteiger partial charge in [-0.2, -0.15) is 0 Å². The van der Waals surface area contributed by atoms with E-state index in [1.165, 1.54) is 0 Å². The van der Waals surface area contributed by atoms with Crippen molar-refractivity contribution in [2.45, 2.75) is 40.2 Å². The minimum atomic E-state index is -0.352. The van der Waals surface area contributed by atoms with Crippen LogP contribution in [0, 0.1) is 5.92 Å². The van der Waals surface area contributed by atoms with Crippen LogP contribution in [0.5, 0.6) is 0 Å². The summed E-state index contributed by atoms with van der Waals surface area (Å²) in [6.45, 7) is 12.0. The van der Waals surface area contributed by atoms with E-state index < -0.39 is 0 Å².